The minimum absolute atomic E-state index is 0.522. The Bertz CT molecular complexity index is 355. The molecule has 102 valence electrons. The minimum Gasteiger partial charge on any atom is -0.270 e. The summed E-state index contributed by atoms with van der Waals surface area (Å²) in [5, 5.41) is 4.68. The number of aromatic nitrogens is 2. The van der Waals surface area contributed by atoms with Crippen molar-refractivity contribution < 1.29 is 0 Å². The molecular formula is C15H25BrN2. The van der Waals surface area contributed by atoms with Crippen LogP contribution in [0, 0.1) is 5.92 Å². The molecule has 2 rings (SSSR count). The lowest BCUT2D eigenvalue weighted by Gasteiger charge is -2.16. The van der Waals surface area contributed by atoms with Gasteiger partial charge in [-0.05, 0) is 51.0 Å². The second-order valence-corrected chi connectivity index (χ2v) is 6.82. The number of alkyl halides is 1. The van der Waals surface area contributed by atoms with E-state index in [2.05, 4.69) is 51.8 Å². The zero-order valence-corrected chi connectivity index (χ0v) is 13.2. The molecular weight excluding hydrogens is 288 g/mol. The minimum atomic E-state index is 0.522. The van der Waals surface area contributed by atoms with E-state index in [0.29, 0.717) is 10.9 Å². The topological polar surface area (TPSA) is 17.8 Å². The molecule has 1 aromatic heterocycles. The molecule has 0 aliphatic heterocycles. The first-order chi connectivity index (χ1) is 8.70. The first-order valence-electron chi connectivity index (χ1n) is 7.38. The maximum Gasteiger partial charge on any atom is 0.0625 e. The van der Waals surface area contributed by atoms with Crippen LogP contribution in [0.2, 0.25) is 0 Å². The quantitative estimate of drug-likeness (QED) is 0.694. The molecule has 0 N–H and O–H groups in total. The first-order valence-corrected chi connectivity index (χ1v) is 8.30. The van der Waals surface area contributed by atoms with Gasteiger partial charge in [0.25, 0.3) is 0 Å². The molecule has 1 heterocycles. The van der Waals surface area contributed by atoms with Gasteiger partial charge in [-0.15, -0.1) is 0 Å². The van der Waals surface area contributed by atoms with Crippen LogP contribution in [0.4, 0.5) is 0 Å². The molecule has 0 saturated heterocycles. The van der Waals surface area contributed by atoms with Crippen molar-refractivity contribution >= 4 is 15.9 Å². The van der Waals surface area contributed by atoms with Crippen molar-refractivity contribution in [3.8, 4) is 0 Å². The van der Waals surface area contributed by atoms with Crippen LogP contribution in [0.1, 0.15) is 64.1 Å². The molecule has 1 aliphatic carbocycles. The van der Waals surface area contributed by atoms with Crippen molar-refractivity contribution in [2.24, 2.45) is 5.92 Å². The molecule has 3 heteroatoms. The number of hydrogen-bond acceptors (Lipinski definition) is 1. The van der Waals surface area contributed by atoms with Gasteiger partial charge in [0.05, 0.1) is 5.69 Å². The van der Waals surface area contributed by atoms with E-state index in [9.17, 15) is 0 Å². The Labute approximate surface area is 119 Å². The molecule has 1 saturated carbocycles. The second-order valence-electron chi connectivity index (χ2n) is 5.64. The standard InChI is InChI=1S/C15H25BrN2/c1-3-12(2)18-11-10-14(17-18)8-9-15(16)13-6-4-5-7-13/h10-13,15H,3-9H2,1-2H3. The van der Waals surface area contributed by atoms with Crippen LogP contribution in [0.3, 0.4) is 0 Å². The highest BCUT2D eigenvalue weighted by Crippen LogP contribution is 2.33. The van der Waals surface area contributed by atoms with Crippen LogP contribution in [0.25, 0.3) is 0 Å². The zero-order chi connectivity index (χ0) is 13.0. The van der Waals surface area contributed by atoms with Gasteiger partial charge in [-0.2, -0.15) is 5.10 Å². The van der Waals surface area contributed by atoms with Crippen LogP contribution >= 0.6 is 15.9 Å². The van der Waals surface area contributed by atoms with Crippen molar-refractivity contribution in [2.75, 3.05) is 0 Å². The Morgan fingerprint density at radius 2 is 2.17 bits per heavy atom. The molecule has 0 spiro atoms. The van der Waals surface area contributed by atoms with Crippen LogP contribution in [0.5, 0.6) is 0 Å². The van der Waals surface area contributed by atoms with E-state index in [4.69, 9.17) is 0 Å². The molecule has 1 aromatic rings. The predicted molar refractivity (Wildman–Crippen MR) is 80.2 cm³/mol. The third-order valence-electron chi connectivity index (χ3n) is 4.29. The SMILES string of the molecule is CCC(C)n1ccc(CCC(Br)C2CCCC2)n1. The molecule has 0 amide bonds. The molecule has 0 aromatic carbocycles. The maximum absolute atomic E-state index is 4.68. The molecule has 2 atom stereocenters. The average Bonchev–Trinajstić information content (AvgIpc) is 3.05. The summed E-state index contributed by atoms with van der Waals surface area (Å²) >= 11 is 3.88. The fraction of sp³-hybridized carbons (Fsp3) is 0.800. The number of halogens is 1. The molecule has 1 aliphatic rings. The third kappa shape index (κ3) is 3.59. The Morgan fingerprint density at radius 3 is 2.83 bits per heavy atom. The van der Waals surface area contributed by atoms with Crippen LogP contribution in [-0.2, 0) is 6.42 Å². The Balaban J connectivity index is 1.80. The van der Waals surface area contributed by atoms with Gasteiger partial charge < -0.3 is 0 Å². The third-order valence-corrected chi connectivity index (χ3v) is 5.50. The molecule has 1 fully saturated rings. The predicted octanol–water partition coefficient (Wildman–Crippen LogP) is 4.74. The summed E-state index contributed by atoms with van der Waals surface area (Å²) in [6.07, 6.45) is 11.3. The van der Waals surface area contributed by atoms with E-state index >= 15 is 0 Å². The highest BCUT2D eigenvalue weighted by molar-refractivity contribution is 9.09. The number of nitrogens with zero attached hydrogens (tertiary/aromatic N) is 2. The summed E-state index contributed by atoms with van der Waals surface area (Å²) < 4.78 is 2.11. The maximum atomic E-state index is 4.68. The monoisotopic (exact) mass is 312 g/mol. The van der Waals surface area contributed by atoms with Crippen LogP contribution in [0.15, 0.2) is 12.3 Å². The van der Waals surface area contributed by atoms with E-state index in [0.717, 1.165) is 18.8 Å². The van der Waals surface area contributed by atoms with E-state index < -0.39 is 0 Å². The number of hydrogen-bond donors (Lipinski definition) is 0. The number of aryl methyl sites for hydroxylation is 1. The lowest BCUT2D eigenvalue weighted by atomic mass is 10.00. The first kappa shape index (κ1) is 14.1. The van der Waals surface area contributed by atoms with Gasteiger partial charge >= 0.3 is 0 Å². The lowest BCUT2D eigenvalue weighted by Crippen LogP contribution is -2.12. The fourth-order valence-corrected chi connectivity index (χ4v) is 3.54. The highest BCUT2D eigenvalue weighted by atomic mass is 79.9. The Morgan fingerprint density at radius 1 is 1.44 bits per heavy atom. The Hall–Kier alpha value is -0.310. The van der Waals surface area contributed by atoms with E-state index in [1.165, 1.54) is 37.8 Å². The van der Waals surface area contributed by atoms with Gasteiger partial charge in [-0.25, -0.2) is 0 Å². The summed E-state index contributed by atoms with van der Waals surface area (Å²) in [6.45, 7) is 4.43. The Kier molecular flexibility index (Phi) is 5.28. The lowest BCUT2D eigenvalue weighted by molar-refractivity contribution is 0.468. The van der Waals surface area contributed by atoms with Crippen LogP contribution in [-0.4, -0.2) is 14.6 Å². The van der Waals surface area contributed by atoms with Crippen molar-refractivity contribution in [3.05, 3.63) is 18.0 Å². The van der Waals surface area contributed by atoms with Gasteiger partial charge in [0.15, 0.2) is 0 Å². The van der Waals surface area contributed by atoms with E-state index in [-0.39, 0.29) is 0 Å². The zero-order valence-electron chi connectivity index (χ0n) is 11.6. The van der Waals surface area contributed by atoms with E-state index in [1.807, 2.05) is 0 Å². The fourth-order valence-electron chi connectivity index (χ4n) is 2.78. The molecule has 2 nitrogen and oxygen atoms in total. The van der Waals surface area contributed by atoms with Crippen LogP contribution < -0.4 is 0 Å². The van der Waals surface area contributed by atoms with E-state index in [1.54, 1.807) is 0 Å². The number of rotatable bonds is 6. The molecule has 2 unspecified atom stereocenters. The smallest absolute Gasteiger partial charge is 0.0625 e. The van der Waals surface area contributed by atoms with Crippen molar-refractivity contribution in [1.29, 1.82) is 0 Å². The summed E-state index contributed by atoms with van der Waals surface area (Å²) in [5.41, 5.74) is 1.25. The van der Waals surface area contributed by atoms with Gasteiger partial charge in [0, 0.05) is 17.1 Å². The molecule has 0 radical (unpaired) electrons. The summed E-state index contributed by atoms with van der Waals surface area (Å²) in [7, 11) is 0. The van der Waals surface area contributed by atoms with Crippen molar-refractivity contribution in [1.82, 2.24) is 9.78 Å². The second kappa shape index (κ2) is 6.74. The van der Waals surface area contributed by atoms with Gasteiger partial charge in [-0.3, -0.25) is 4.68 Å². The highest BCUT2D eigenvalue weighted by Gasteiger charge is 2.22. The van der Waals surface area contributed by atoms with Gasteiger partial charge in [0.2, 0.25) is 0 Å². The molecule has 0 bridgehead atoms. The van der Waals surface area contributed by atoms with Gasteiger partial charge in [-0.1, -0.05) is 35.7 Å². The average molecular weight is 313 g/mol. The van der Waals surface area contributed by atoms with Crippen molar-refractivity contribution in [3.63, 3.8) is 0 Å². The normalized spacial score (nSPS) is 20.2. The van der Waals surface area contributed by atoms with Crippen molar-refractivity contribution in [2.45, 2.75) is 69.7 Å². The van der Waals surface area contributed by atoms with Gasteiger partial charge in [0.1, 0.15) is 0 Å². The summed E-state index contributed by atoms with van der Waals surface area (Å²) in [6, 6.07) is 2.70. The summed E-state index contributed by atoms with van der Waals surface area (Å²) in [5.74, 6) is 0.904. The molecule has 18 heavy (non-hydrogen) atoms. The summed E-state index contributed by atoms with van der Waals surface area (Å²) in [4.78, 5) is 0.689. The largest absolute Gasteiger partial charge is 0.270 e.